The zero-order valence-electron chi connectivity index (χ0n) is 14.4. The predicted octanol–water partition coefficient (Wildman–Crippen LogP) is 2.99. The van der Waals surface area contributed by atoms with Crippen LogP contribution >= 0.6 is 11.6 Å². The highest BCUT2D eigenvalue weighted by atomic mass is 35.5. The largest absolute Gasteiger partial charge is 0.354 e. The molecule has 2 aromatic rings. The van der Waals surface area contributed by atoms with Gasteiger partial charge in [-0.3, -0.25) is 9.10 Å². The van der Waals surface area contributed by atoms with E-state index in [2.05, 4.69) is 5.32 Å². The molecule has 0 bridgehead atoms. The van der Waals surface area contributed by atoms with Crippen LogP contribution in [0.1, 0.15) is 12.5 Å². The van der Waals surface area contributed by atoms with Crippen molar-refractivity contribution in [2.24, 2.45) is 0 Å². The number of sulfonamides is 1. The van der Waals surface area contributed by atoms with Crippen LogP contribution in [0.5, 0.6) is 0 Å². The van der Waals surface area contributed by atoms with Crippen molar-refractivity contribution in [3.8, 4) is 0 Å². The van der Waals surface area contributed by atoms with Crippen LogP contribution in [-0.2, 0) is 21.2 Å². The molecule has 1 amide bonds. The minimum absolute atomic E-state index is 0.313. The van der Waals surface area contributed by atoms with E-state index in [4.69, 9.17) is 11.6 Å². The molecule has 0 aliphatic rings. The van der Waals surface area contributed by atoms with Gasteiger partial charge < -0.3 is 5.32 Å². The minimum atomic E-state index is -3.67. The molecule has 26 heavy (non-hydrogen) atoms. The first-order valence-electron chi connectivity index (χ1n) is 7.95. The molecule has 2 rings (SSSR count). The Labute approximate surface area is 157 Å². The lowest BCUT2D eigenvalue weighted by Crippen LogP contribution is -2.48. The van der Waals surface area contributed by atoms with Crippen LogP contribution in [0.3, 0.4) is 0 Å². The first-order valence-corrected chi connectivity index (χ1v) is 10.2. The van der Waals surface area contributed by atoms with Gasteiger partial charge in [0.25, 0.3) is 0 Å². The predicted molar refractivity (Wildman–Crippen MR) is 101 cm³/mol. The molecule has 0 aliphatic heterocycles. The molecule has 0 unspecified atom stereocenters. The van der Waals surface area contributed by atoms with Gasteiger partial charge in [0.1, 0.15) is 11.9 Å². The second-order valence-electron chi connectivity index (χ2n) is 5.88. The fourth-order valence-corrected chi connectivity index (χ4v) is 3.83. The van der Waals surface area contributed by atoms with E-state index >= 15 is 0 Å². The smallest absolute Gasteiger partial charge is 0.243 e. The summed E-state index contributed by atoms with van der Waals surface area (Å²) in [6.07, 6.45) is 1.56. The molecule has 1 atom stereocenters. The lowest BCUT2D eigenvalue weighted by atomic mass is 10.1. The molecule has 2 aromatic carbocycles. The Morgan fingerprint density at radius 2 is 1.73 bits per heavy atom. The molecule has 0 saturated carbocycles. The average Bonchev–Trinajstić information content (AvgIpc) is 2.57. The number of halogens is 2. The van der Waals surface area contributed by atoms with Crippen molar-refractivity contribution in [1.82, 2.24) is 5.32 Å². The summed E-state index contributed by atoms with van der Waals surface area (Å²) in [5.74, 6) is -0.745. The normalized spacial score (nSPS) is 12.5. The van der Waals surface area contributed by atoms with Gasteiger partial charge >= 0.3 is 0 Å². The lowest BCUT2D eigenvalue weighted by Gasteiger charge is -2.28. The van der Waals surface area contributed by atoms with E-state index < -0.39 is 22.0 Å². The highest BCUT2D eigenvalue weighted by Gasteiger charge is 2.28. The van der Waals surface area contributed by atoms with Crippen molar-refractivity contribution >= 4 is 33.2 Å². The summed E-state index contributed by atoms with van der Waals surface area (Å²) in [5.41, 5.74) is 1.23. The van der Waals surface area contributed by atoms with Crippen LogP contribution in [-0.4, -0.2) is 33.2 Å². The van der Waals surface area contributed by atoms with Crippen LogP contribution in [0.4, 0.5) is 10.1 Å². The number of rotatable bonds is 7. The van der Waals surface area contributed by atoms with Crippen molar-refractivity contribution < 1.29 is 17.6 Å². The molecule has 0 aliphatic carbocycles. The van der Waals surface area contributed by atoms with Crippen LogP contribution in [0.25, 0.3) is 0 Å². The maximum Gasteiger partial charge on any atom is 0.243 e. The van der Waals surface area contributed by atoms with Gasteiger partial charge in [0.15, 0.2) is 0 Å². The fourth-order valence-electron chi connectivity index (χ4n) is 2.53. The molecule has 1 N–H and O–H groups in total. The lowest BCUT2D eigenvalue weighted by molar-refractivity contribution is -0.121. The van der Waals surface area contributed by atoms with Gasteiger partial charge in [-0.15, -0.1) is 0 Å². The Kier molecular flexibility index (Phi) is 6.61. The second kappa shape index (κ2) is 8.51. The van der Waals surface area contributed by atoms with Crippen molar-refractivity contribution in [3.05, 3.63) is 64.9 Å². The van der Waals surface area contributed by atoms with Crippen LogP contribution < -0.4 is 9.62 Å². The van der Waals surface area contributed by atoms with Crippen LogP contribution in [0.15, 0.2) is 48.5 Å². The number of anilines is 1. The van der Waals surface area contributed by atoms with E-state index in [0.29, 0.717) is 23.7 Å². The van der Waals surface area contributed by atoms with Gasteiger partial charge in [-0.1, -0.05) is 23.7 Å². The van der Waals surface area contributed by atoms with E-state index in [1.54, 1.807) is 36.4 Å². The molecule has 140 valence electrons. The summed E-state index contributed by atoms with van der Waals surface area (Å²) in [7, 11) is -3.67. The van der Waals surface area contributed by atoms with Gasteiger partial charge in [0.2, 0.25) is 15.9 Å². The maximum atomic E-state index is 12.9. The second-order valence-corrected chi connectivity index (χ2v) is 8.17. The van der Waals surface area contributed by atoms with Gasteiger partial charge in [-0.25, -0.2) is 12.8 Å². The van der Waals surface area contributed by atoms with Crippen molar-refractivity contribution in [2.45, 2.75) is 19.4 Å². The maximum absolute atomic E-state index is 12.9. The topological polar surface area (TPSA) is 66.5 Å². The summed E-state index contributed by atoms with van der Waals surface area (Å²) in [4.78, 5) is 12.4. The average molecular weight is 399 g/mol. The molecule has 0 radical (unpaired) electrons. The van der Waals surface area contributed by atoms with E-state index in [-0.39, 0.29) is 5.82 Å². The van der Waals surface area contributed by atoms with Crippen LogP contribution in [0.2, 0.25) is 5.02 Å². The molecule has 0 fully saturated rings. The van der Waals surface area contributed by atoms with Gasteiger partial charge in [-0.2, -0.15) is 0 Å². The molecule has 0 heterocycles. The fraction of sp³-hybridized carbons (Fsp3) is 0.278. The number of hydrogen-bond donors (Lipinski definition) is 1. The molecule has 0 spiro atoms. The Morgan fingerprint density at radius 3 is 2.27 bits per heavy atom. The first-order chi connectivity index (χ1) is 12.2. The Morgan fingerprint density at radius 1 is 1.15 bits per heavy atom. The molecule has 8 heteroatoms. The summed E-state index contributed by atoms with van der Waals surface area (Å²) in [6.45, 7) is 1.83. The number of benzene rings is 2. The monoisotopic (exact) mass is 398 g/mol. The molecule has 0 aromatic heterocycles. The van der Waals surface area contributed by atoms with E-state index in [0.717, 1.165) is 16.1 Å². The molecular formula is C18H20ClFN2O3S. The van der Waals surface area contributed by atoms with E-state index in [1.165, 1.54) is 19.1 Å². The molecule has 0 saturated heterocycles. The quantitative estimate of drug-likeness (QED) is 0.779. The summed E-state index contributed by atoms with van der Waals surface area (Å²) >= 11 is 5.84. The van der Waals surface area contributed by atoms with Crippen molar-refractivity contribution in [2.75, 3.05) is 17.1 Å². The summed E-state index contributed by atoms with van der Waals surface area (Å²) in [5, 5.41) is 3.19. The summed E-state index contributed by atoms with van der Waals surface area (Å²) < 4.78 is 38.3. The number of nitrogens with one attached hydrogen (secondary N) is 1. The summed E-state index contributed by atoms with van der Waals surface area (Å²) in [6, 6.07) is 11.3. The number of hydrogen-bond acceptors (Lipinski definition) is 3. The number of carbonyl (C=O) groups is 1. The van der Waals surface area contributed by atoms with E-state index in [1.807, 2.05) is 0 Å². The number of amides is 1. The number of nitrogens with zero attached hydrogens (tertiary/aromatic N) is 1. The molecule has 5 nitrogen and oxygen atoms in total. The third kappa shape index (κ3) is 5.44. The van der Waals surface area contributed by atoms with Crippen molar-refractivity contribution in [3.63, 3.8) is 0 Å². The minimum Gasteiger partial charge on any atom is -0.354 e. The van der Waals surface area contributed by atoms with Gasteiger partial charge in [0, 0.05) is 11.6 Å². The molecular weight excluding hydrogens is 379 g/mol. The zero-order chi connectivity index (χ0) is 19.3. The zero-order valence-corrected chi connectivity index (χ0v) is 16.0. The third-order valence-electron chi connectivity index (χ3n) is 3.80. The standard InChI is InChI=1S/C18H20ClFN2O3S/c1-13(18(23)21-12-11-14-3-7-16(20)8-4-14)22(26(2,24)25)17-9-5-15(19)6-10-17/h3-10,13H,11-12H2,1-2H3,(H,21,23)/t13-/m0/s1. The third-order valence-corrected chi connectivity index (χ3v) is 5.29. The van der Waals surface area contributed by atoms with Crippen LogP contribution in [0, 0.1) is 5.82 Å². The Balaban J connectivity index is 2.05. The highest BCUT2D eigenvalue weighted by molar-refractivity contribution is 7.92. The van der Waals surface area contributed by atoms with Crippen molar-refractivity contribution in [1.29, 1.82) is 0 Å². The first kappa shape index (κ1) is 20.2. The van der Waals surface area contributed by atoms with E-state index in [9.17, 15) is 17.6 Å². The highest BCUT2D eigenvalue weighted by Crippen LogP contribution is 2.23. The van der Waals surface area contributed by atoms with Gasteiger partial charge in [0.05, 0.1) is 11.9 Å². The van der Waals surface area contributed by atoms with Gasteiger partial charge in [-0.05, 0) is 55.3 Å². The Bertz CT molecular complexity index is 855. The Hall–Kier alpha value is -2.12. The SMILES string of the molecule is C[C@@H](C(=O)NCCc1ccc(F)cc1)N(c1ccc(Cl)cc1)S(C)(=O)=O. The number of carbonyl (C=O) groups excluding carboxylic acids is 1.